The van der Waals surface area contributed by atoms with E-state index in [4.69, 9.17) is 0 Å². The van der Waals surface area contributed by atoms with Crippen LogP contribution in [0.1, 0.15) is 31.2 Å². The molecule has 1 atom stereocenters. The Morgan fingerprint density at radius 1 is 1.25 bits per heavy atom. The number of aliphatic hydroxyl groups is 1. The summed E-state index contributed by atoms with van der Waals surface area (Å²) in [6.07, 6.45) is 3.79. The van der Waals surface area contributed by atoms with Gasteiger partial charge in [-0.3, -0.25) is 4.79 Å². The number of nitrogens with zero attached hydrogens (tertiary/aromatic N) is 1. The van der Waals surface area contributed by atoms with E-state index < -0.39 is 11.6 Å². The molecule has 5 heteroatoms. The van der Waals surface area contributed by atoms with Crippen LogP contribution in [0.2, 0.25) is 0 Å². The van der Waals surface area contributed by atoms with Crippen LogP contribution in [0.15, 0.2) is 18.2 Å². The third-order valence-electron chi connectivity index (χ3n) is 3.75. The van der Waals surface area contributed by atoms with Gasteiger partial charge in [-0.15, -0.1) is 0 Å². The summed E-state index contributed by atoms with van der Waals surface area (Å²) in [5.74, 6) is -1.99. The van der Waals surface area contributed by atoms with E-state index in [1.807, 2.05) is 0 Å². The van der Waals surface area contributed by atoms with Crippen molar-refractivity contribution < 1.29 is 18.7 Å². The van der Waals surface area contributed by atoms with Gasteiger partial charge in [0.25, 0.3) is 0 Å². The largest absolute Gasteiger partial charge is 0.394 e. The molecular formula is C15H19F2NO2. The van der Waals surface area contributed by atoms with Gasteiger partial charge in [0.15, 0.2) is 11.6 Å². The van der Waals surface area contributed by atoms with Crippen molar-refractivity contribution in [2.75, 3.05) is 13.2 Å². The summed E-state index contributed by atoms with van der Waals surface area (Å²) in [5.41, 5.74) is 0.454. The molecule has 0 aromatic heterocycles. The second kappa shape index (κ2) is 6.79. The van der Waals surface area contributed by atoms with Crippen molar-refractivity contribution in [2.24, 2.45) is 0 Å². The fourth-order valence-electron chi connectivity index (χ4n) is 2.62. The normalized spacial score (nSPS) is 19.8. The highest BCUT2D eigenvalue weighted by molar-refractivity contribution is 5.79. The minimum absolute atomic E-state index is 0.0354. The molecule has 3 nitrogen and oxygen atoms in total. The predicted octanol–water partition coefficient (Wildman–Crippen LogP) is 2.27. The number of rotatable bonds is 3. The second-order valence-electron chi connectivity index (χ2n) is 5.20. The van der Waals surface area contributed by atoms with Gasteiger partial charge in [-0.1, -0.05) is 18.9 Å². The van der Waals surface area contributed by atoms with E-state index in [2.05, 4.69) is 0 Å². The fraction of sp³-hybridized carbons (Fsp3) is 0.533. The first kappa shape index (κ1) is 14.9. The molecule has 0 bridgehead atoms. The topological polar surface area (TPSA) is 40.5 Å². The molecule has 0 radical (unpaired) electrons. The summed E-state index contributed by atoms with van der Waals surface area (Å²) in [4.78, 5) is 14.0. The van der Waals surface area contributed by atoms with E-state index in [1.54, 1.807) is 4.90 Å². The highest BCUT2D eigenvalue weighted by Crippen LogP contribution is 2.18. The number of aliphatic hydroxyl groups excluding tert-OH is 1. The van der Waals surface area contributed by atoms with Gasteiger partial charge in [0.1, 0.15) is 0 Å². The van der Waals surface area contributed by atoms with Crippen molar-refractivity contribution in [3.63, 3.8) is 0 Å². The van der Waals surface area contributed by atoms with Gasteiger partial charge < -0.3 is 10.0 Å². The van der Waals surface area contributed by atoms with Gasteiger partial charge in [-0.25, -0.2) is 8.78 Å². The van der Waals surface area contributed by atoms with E-state index in [-0.39, 0.29) is 25.0 Å². The van der Waals surface area contributed by atoms with Gasteiger partial charge in [-0.05, 0) is 30.5 Å². The van der Waals surface area contributed by atoms with Crippen LogP contribution in [0.5, 0.6) is 0 Å². The molecule has 0 saturated carbocycles. The van der Waals surface area contributed by atoms with Crippen LogP contribution >= 0.6 is 0 Å². The Morgan fingerprint density at radius 3 is 2.75 bits per heavy atom. The molecule has 1 heterocycles. The van der Waals surface area contributed by atoms with Gasteiger partial charge in [0.05, 0.1) is 19.1 Å². The van der Waals surface area contributed by atoms with Crippen molar-refractivity contribution in [2.45, 2.75) is 38.1 Å². The zero-order valence-electron chi connectivity index (χ0n) is 11.3. The Balaban J connectivity index is 2.07. The van der Waals surface area contributed by atoms with Crippen LogP contribution in [0, 0.1) is 11.6 Å². The summed E-state index contributed by atoms with van der Waals surface area (Å²) in [7, 11) is 0. The van der Waals surface area contributed by atoms with Gasteiger partial charge in [0.2, 0.25) is 5.91 Å². The minimum atomic E-state index is -0.940. The van der Waals surface area contributed by atoms with Crippen LogP contribution in [-0.2, 0) is 11.2 Å². The summed E-state index contributed by atoms with van der Waals surface area (Å²) in [5, 5.41) is 9.38. The highest BCUT2D eigenvalue weighted by atomic mass is 19.2. The van der Waals surface area contributed by atoms with Gasteiger partial charge in [-0.2, -0.15) is 0 Å². The van der Waals surface area contributed by atoms with E-state index in [0.717, 1.165) is 37.8 Å². The third kappa shape index (κ3) is 3.54. The Hall–Kier alpha value is -1.49. The predicted molar refractivity (Wildman–Crippen MR) is 71.1 cm³/mol. The number of amides is 1. The van der Waals surface area contributed by atoms with Crippen molar-refractivity contribution >= 4 is 5.91 Å². The maximum atomic E-state index is 13.1. The van der Waals surface area contributed by atoms with Crippen molar-refractivity contribution in [1.29, 1.82) is 0 Å². The number of carbonyl (C=O) groups is 1. The summed E-state index contributed by atoms with van der Waals surface area (Å²) in [6.45, 7) is 0.567. The molecule has 1 aromatic rings. The maximum Gasteiger partial charge on any atom is 0.227 e. The molecular weight excluding hydrogens is 264 g/mol. The van der Waals surface area contributed by atoms with Crippen LogP contribution in [0.3, 0.4) is 0 Å². The lowest BCUT2D eigenvalue weighted by atomic mass is 10.1. The molecule has 1 N–H and O–H groups in total. The van der Waals surface area contributed by atoms with Crippen LogP contribution in [-0.4, -0.2) is 35.1 Å². The molecule has 1 aliphatic rings. The molecule has 110 valence electrons. The lowest BCUT2D eigenvalue weighted by Gasteiger charge is -2.28. The quantitative estimate of drug-likeness (QED) is 0.924. The molecule has 1 fully saturated rings. The number of benzene rings is 1. The lowest BCUT2D eigenvalue weighted by Crippen LogP contribution is -2.42. The SMILES string of the molecule is O=C(Cc1ccc(F)c(F)c1)N1CCCCCC1CO. The zero-order chi connectivity index (χ0) is 14.5. The molecule has 1 saturated heterocycles. The molecule has 0 aliphatic carbocycles. The zero-order valence-corrected chi connectivity index (χ0v) is 11.3. The van der Waals surface area contributed by atoms with E-state index in [0.29, 0.717) is 12.1 Å². The Kier molecular flexibility index (Phi) is 5.06. The Morgan fingerprint density at radius 2 is 2.05 bits per heavy atom. The minimum Gasteiger partial charge on any atom is -0.394 e. The number of carbonyl (C=O) groups excluding carboxylic acids is 1. The first-order valence-corrected chi connectivity index (χ1v) is 6.96. The van der Waals surface area contributed by atoms with Crippen LogP contribution < -0.4 is 0 Å². The van der Waals surface area contributed by atoms with Crippen molar-refractivity contribution in [1.82, 2.24) is 4.90 Å². The van der Waals surface area contributed by atoms with Crippen molar-refractivity contribution in [3.05, 3.63) is 35.4 Å². The van der Waals surface area contributed by atoms with Crippen LogP contribution in [0.4, 0.5) is 8.78 Å². The Labute approximate surface area is 117 Å². The average Bonchev–Trinajstić information content (AvgIpc) is 2.68. The highest BCUT2D eigenvalue weighted by Gasteiger charge is 2.24. The van der Waals surface area contributed by atoms with E-state index >= 15 is 0 Å². The maximum absolute atomic E-state index is 13.1. The van der Waals surface area contributed by atoms with Gasteiger partial charge >= 0.3 is 0 Å². The van der Waals surface area contributed by atoms with Crippen LogP contribution in [0.25, 0.3) is 0 Å². The number of hydrogen-bond donors (Lipinski definition) is 1. The summed E-state index contributed by atoms with van der Waals surface area (Å²) in [6, 6.07) is 3.35. The number of likely N-dealkylation sites (tertiary alicyclic amines) is 1. The second-order valence-corrected chi connectivity index (χ2v) is 5.20. The first-order chi connectivity index (χ1) is 9.61. The third-order valence-corrected chi connectivity index (χ3v) is 3.75. The number of hydrogen-bond acceptors (Lipinski definition) is 2. The molecule has 2 rings (SSSR count). The molecule has 20 heavy (non-hydrogen) atoms. The first-order valence-electron chi connectivity index (χ1n) is 6.96. The van der Waals surface area contributed by atoms with E-state index in [1.165, 1.54) is 6.07 Å². The van der Waals surface area contributed by atoms with E-state index in [9.17, 15) is 18.7 Å². The molecule has 1 aliphatic heterocycles. The smallest absolute Gasteiger partial charge is 0.227 e. The molecule has 1 unspecified atom stereocenters. The van der Waals surface area contributed by atoms with Gasteiger partial charge in [0, 0.05) is 6.54 Å². The summed E-state index contributed by atoms with van der Waals surface area (Å²) >= 11 is 0. The molecule has 1 aromatic carbocycles. The molecule has 0 spiro atoms. The van der Waals surface area contributed by atoms with Crippen molar-refractivity contribution in [3.8, 4) is 0 Å². The average molecular weight is 283 g/mol. The lowest BCUT2D eigenvalue weighted by molar-refractivity contribution is -0.133. The number of halogens is 2. The fourth-order valence-corrected chi connectivity index (χ4v) is 2.62. The molecule has 1 amide bonds. The monoisotopic (exact) mass is 283 g/mol. The standard InChI is InChI=1S/C15H19F2NO2/c16-13-6-5-11(8-14(13)17)9-15(20)18-7-3-1-2-4-12(18)10-19/h5-6,8,12,19H,1-4,7,9-10H2. The summed E-state index contributed by atoms with van der Waals surface area (Å²) < 4.78 is 26.0. The Bertz CT molecular complexity index is 479.